The summed E-state index contributed by atoms with van der Waals surface area (Å²) in [5.41, 5.74) is 2.38. The highest BCUT2D eigenvalue weighted by Gasteiger charge is 2.08. The Morgan fingerprint density at radius 2 is 1.83 bits per heavy atom. The van der Waals surface area contributed by atoms with Crippen LogP contribution in [0.25, 0.3) is 0 Å². The Kier molecular flexibility index (Phi) is 7.50. The zero-order valence-corrected chi connectivity index (χ0v) is 14.9. The van der Waals surface area contributed by atoms with Gasteiger partial charge in [-0.25, -0.2) is 0 Å². The molecule has 0 spiro atoms. The van der Waals surface area contributed by atoms with Gasteiger partial charge < -0.3 is 5.32 Å². The molecule has 2 aromatic carbocycles. The van der Waals surface area contributed by atoms with Crippen molar-refractivity contribution in [1.82, 2.24) is 5.32 Å². The first-order chi connectivity index (χ1) is 11.1. The number of thioether (sulfide) groups is 1. The van der Waals surface area contributed by atoms with Crippen molar-refractivity contribution < 1.29 is 4.79 Å². The summed E-state index contributed by atoms with van der Waals surface area (Å²) in [6, 6.07) is 18.3. The van der Waals surface area contributed by atoms with Crippen LogP contribution >= 0.6 is 23.4 Å². The van der Waals surface area contributed by atoms with Crippen LogP contribution in [0.5, 0.6) is 0 Å². The Balaban J connectivity index is 1.65. The number of carbonyl (C=O) groups is 1. The number of aryl methyl sites for hydroxylation is 1. The van der Waals surface area contributed by atoms with Gasteiger partial charge in [0.2, 0.25) is 5.91 Å². The third kappa shape index (κ3) is 6.67. The molecule has 0 aliphatic carbocycles. The van der Waals surface area contributed by atoms with Gasteiger partial charge in [0.05, 0.1) is 5.75 Å². The van der Waals surface area contributed by atoms with Crippen molar-refractivity contribution in [3.05, 3.63) is 70.7 Å². The Morgan fingerprint density at radius 3 is 2.57 bits per heavy atom. The lowest BCUT2D eigenvalue weighted by molar-refractivity contribution is -0.119. The fourth-order valence-corrected chi connectivity index (χ4v) is 3.41. The molecule has 4 heteroatoms. The molecule has 122 valence electrons. The zero-order valence-electron chi connectivity index (χ0n) is 13.3. The number of carbonyl (C=O) groups excluding carboxylic acids is 1. The number of benzene rings is 2. The maximum absolute atomic E-state index is 12.0. The molecular formula is C19H22ClNOS. The van der Waals surface area contributed by atoms with Crippen LogP contribution < -0.4 is 5.32 Å². The van der Waals surface area contributed by atoms with Gasteiger partial charge in [-0.3, -0.25) is 4.79 Å². The van der Waals surface area contributed by atoms with Crippen LogP contribution in [0.3, 0.4) is 0 Å². The molecule has 0 aliphatic rings. The molecule has 0 bridgehead atoms. The quantitative estimate of drug-likeness (QED) is 0.749. The number of halogens is 1. The van der Waals surface area contributed by atoms with Gasteiger partial charge in [0.1, 0.15) is 0 Å². The Morgan fingerprint density at radius 1 is 1.13 bits per heavy atom. The lowest BCUT2D eigenvalue weighted by Gasteiger charge is -2.14. The average molecular weight is 348 g/mol. The Hall–Kier alpha value is -1.45. The van der Waals surface area contributed by atoms with Gasteiger partial charge in [0, 0.05) is 16.8 Å². The SMILES string of the molecule is C[C@H](CCc1ccccc1)NC(=O)CSCc1ccccc1Cl. The summed E-state index contributed by atoms with van der Waals surface area (Å²) >= 11 is 7.70. The summed E-state index contributed by atoms with van der Waals surface area (Å²) in [7, 11) is 0. The van der Waals surface area contributed by atoms with E-state index in [4.69, 9.17) is 11.6 Å². The van der Waals surface area contributed by atoms with E-state index in [0.29, 0.717) is 5.75 Å². The summed E-state index contributed by atoms with van der Waals surface area (Å²) in [5.74, 6) is 1.30. The van der Waals surface area contributed by atoms with Gasteiger partial charge in [0.25, 0.3) is 0 Å². The van der Waals surface area contributed by atoms with Gasteiger partial charge in [-0.15, -0.1) is 11.8 Å². The van der Waals surface area contributed by atoms with Gasteiger partial charge >= 0.3 is 0 Å². The number of hydrogen-bond acceptors (Lipinski definition) is 2. The van der Waals surface area contributed by atoms with Gasteiger partial charge in [-0.1, -0.05) is 60.1 Å². The molecule has 2 rings (SSSR count). The summed E-state index contributed by atoms with van der Waals surface area (Å²) in [6.07, 6.45) is 1.93. The van der Waals surface area contributed by atoms with E-state index in [1.54, 1.807) is 11.8 Å². The van der Waals surface area contributed by atoms with Crippen LogP contribution in [0, 0.1) is 0 Å². The van der Waals surface area contributed by atoms with E-state index in [1.165, 1.54) is 5.56 Å². The molecule has 0 aromatic heterocycles. The molecule has 0 heterocycles. The van der Waals surface area contributed by atoms with Crippen molar-refractivity contribution in [2.75, 3.05) is 5.75 Å². The maximum atomic E-state index is 12.0. The van der Waals surface area contributed by atoms with E-state index >= 15 is 0 Å². The highest BCUT2D eigenvalue weighted by Crippen LogP contribution is 2.20. The lowest BCUT2D eigenvalue weighted by atomic mass is 10.1. The molecule has 2 nitrogen and oxygen atoms in total. The lowest BCUT2D eigenvalue weighted by Crippen LogP contribution is -2.34. The fourth-order valence-electron chi connectivity index (χ4n) is 2.29. The molecule has 0 saturated heterocycles. The van der Waals surface area contributed by atoms with Crippen LogP contribution in [0.15, 0.2) is 54.6 Å². The second-order valence-corrected chi connectivity index (χ2v) is 6.97. The van der Waals surface area contributed by atoms with Crippen molar-refractivity contribution in [3.63, 3.8) is 0 Å². The maximum Gasteiger partial charge on any atom is 0.230 e. The molecule has 2 aromatic rings. The van der Waals surface area contributed by atoms with Crippen LogP contribution in [-0.2, 0) is 17.0 Å². The normalized spacial score (nSPS) is 11.9. The molecule has 0 fully saturated rings. The number of nitrogens with one attached hydrogen (secondary N) is 1. The Labute approximate surface area is 147 Å². The largest absolute Gasteiger partial charge is 0.353 e. The van der Waals surface area contributed by atoms with Crippen molar-refractivity contribution in [1.29, 1.82) is 0 Å². The molecule has 0 aliphatic heterocycles. The molecule has 1 atom stereocenters. The minimum absolute atomic E-state index is 0.0858. The molecule has 1 N–H and O–H groups in total. The first kappa shape index (κ1) is 17.9. The van der Waals surface area contributed by atoms with Crippen LogP contribution in [-0.4, -0.2) is 17.7 Å². The number of rotatable bonds is 8. The smallest absolute Gasteiger partial charge is 0.230 e. The highest BCUT2D eigenvalue weighted by molar-refractivity contribution is 7.99. The average Bonchev–Trinajstić information content (AvgIpc) is 2.56. The van der Waals surface area contributed by atoms with E-state index < -0.39 is 0 Å². The van der Waals surface area contributed by atoms with Crippen molar-refractivity contribution in [2.45, 2.75) is 31.6 Å². The summed E-state index contributed by atoms with van der Waals surface area (Å²) in [6.45, 7) is 2.06. The van der Waals surface area contributed by atoms with E-state index in [9.17, 15) is 4.79 Å². The summed E-state index contributed by atoms with van der Waals surface area (Å²) in [4.78, 5) is 12.0. The standard InChI is InChI=1S/C19H22ClNOS/c1-15(11-12-16-7-3-2-4-8-16)21-19(22)14-23-13-17-9-5-6-10-18(17)20/h2-10,15H,11-14H2,1H3,(H,21,22)/t15-/m1/s1. The highest BCUT2D eigenvalue weighted by atomic mass is 35.5. The zero-order chi connectivity index (χ0) is 16.5. The van der Waals surface area contributed by atoms with E-state index in [2.05, 4.69) is 24.4 Å². The monoisotopic (exact) mass is 347 g/mol. The predicted molar refractivity (Wildman–Crippen MR) is 100.0 cm³/mol. The molecule has 0 saturated carbocycles. The molecule has 0 radical (unpaired) electrons. The Bertz CT molecular complexity index is 618. The minimum Gasteiger partial charge on any atom is -0.353 e. The van der Waals surface area contributed by atoms with Gasteiger partial charge in [-0.05, 0) is 37.0 Å². The van der Waals surface area contributed by atoms with E-state index in [1.807, 2.05) is 42.5 Å². The third-order valence-corrected chi connectivity index (χ3v) is 4.91. The van der Waals surface area contributed by atoms with Crippen molar-refractivity contribution in [2.24, 2.45) is 0 Å². The van der Waals surface area contributed by atoms with E-state index in [0.717, 1.165) is 29.2 Å². The number of amides is 1. The van der Waals surface area contributed by atoms with Gasteiger partial charge in [-0.2, -0.15) is 0 Å². The minimum atomic E-state index is 0.0858. The van der Waals surface area contributed by atoms with Crippen LogP contribution in [0.2, 0.25) is 5.02 Å². The molecule has 1 amide bonds. The van der Waals surface area contributed by atoms with Crippen LogP contribution in [0.4, 0.5) is 0 Å². The van der Waals surface area contributed by atoms with Crippen molar-refractivity contribution >= 4 is 29.3 Å². The fraction of sp³-hybridized carbons (Fsp3) is 0.316. The van der Waals surface area contributed by atoms with Crippen molar-refractivity contribution in [3.8, 4) is 0 Å². The molecule has 0 unspecified atom stereocenters. The molecule has 23 heavy (non-hydrogen) atoms. The van der Waals surface area contributed by atoms with Crippen LogP contribution in [0.1, 0.15) is 24.5 Å². The first-order valence-corrected chi connectivity index (χ1v) is 9.33. The number of hydrogen-bond donors (Lipinski definition) is 1. The van der Waals surface area contributed by atoms with Gasteiger partial charge in [0.15, 0.2) is 0 Å². The molecular weight excluding hydrogens is 326 g/mol. The predicted octanol–water partition coefficient (Wildman–Crippen LogP) is 4.71. The van der Waals surface area contributed by atoms with E-state index in [-0.39, 0.29) is 11.9 Å². The second-order valence-electron chi connectivity index (χ2n) is 5.58. The third-order valence-electron chi connectivity index (χ3n) is 3.56. The second kappa shape index (κ2) is 9.64. The topological polar surface area (TPSA) is 29.1 Å². The summed E-state index contributed by atoms with van der Waals surface area (Å²) < 4.78 is 0. The summed E-state index contributed by atoms with van der Waals surface area (Å²) in [5, 5.41) is 3.82. The first-order valence-electron chi connectivity index (χ1n) is 7.79.